The molecule has 2 rings (SSSR count). The molecule has 0 saturated carbocycles. The number of rotatable bonds is 8. The summed E-state index contributed by atoms with van der Waals surface area (Å²) in [7, 11) is 0. The topological polar surface area (TPSA) is 55.8 Å². The molecular weight excluding hydrogens is 325 g/mol. The van der Waals surface area contributed by atoms with Crippen molar-refractivity contribution >= 4 is 18.0 Å². The number of benzene rings is 1. The van der Waals surface area contributed by atoms with E-state index in [4.69, 9.17) is 9.47 Å². The average molecular weight is 349 g/mol. The maximum Gasteiger partial charge on any atom is 0.307 e. The summed E-state index contributed by atoms with van der Waals surface area (Å²) in [4.78, 5) is 25.7. The normalized spacial score (nSPS) is 17.0. The van der Waals surface area contributed by atoms with Gasteiger partial charge in [0.25, 0.3) is 0 Å². The first-order valence-electron chi connectivity index (χ1n) is 8.58. The van der Waals surface area contributed by atoms with Gasteiger partial charge in [-0.25, -0.2) is 4.39 Å². The van der Waals surface area contributed by atoms with Crippen LogP contribution in [-0.2, 0) is 19.1 Å². The Hall–Kier alpha value is -2.21. The van der Waals surface area contributed by atoms with Crippen molar-refractivity contribution < 1.29 is 23.5 Å². The monoisotopic (exact) mass is 349 g/mol. The third-order valence-electron chi connectivity index (χ3n) is 3.94. The molecule has 1 saturated heterocycles. The molecule has 6 heteroatoms. The highest BCUT2D eigenvalue weighted by Gasteiger charge is 2.22. The van der Waals surface area contributed by atoms with Gasteiger partial charge in [0.2, 0.25) is 5.91 Å². The standard InChI is InChI=1S/C19H24FNO4/c1-2-24-19(23)11-12-21(14-17-4-3-13-25-17)18(22)10-7-15-5-8-16(20)9-6-15/h5-10,17H,2-4,11-14H2,1H3/b10-7+. The minimum atomic E-state index is -0.324. The van der Waals surface area contributed by atoms with Crippen LogP contribution < -0.4 is 0 Å². The molecule has 1 aliphatic rings. The van der Waals surface area contributed by atoms with Crippen molar-refractivity contribution in [3.63, 3.8) is 0 Å². The lowest BCUT2D eigenvalue weighted by molar-refractivity contribution is -0.144. The van der Waals surface area contributed by atoms with Crippen molar-refractivity contribution in [2.24, 2.45) is 0 Å². The number of carbonyl (C=O) groups is 2. The molecule has 5 nitrogen and oxygen atoms in total. The Bertz CT molecular complexity index is 594. The summed E-state index contributed by atoms with van der Waals surface area (Å²) in [6, 6.07) is 5.88. The Kier molecular flexibility index (Phi) is 7.60. The number of halogens is 1. The highest BCUT2D eigenvalue weighted by Crippen LogP contribution is 2.14. The van der Waals surface area contributed by atoms with Crippen LogP contribution in [0.15, 0.2) is 30.3 Å². The summed E-state index contributed by atoms with van der Waals surface area (Å²) in [5.41, 5.74) is 0.734. The molecule has 0 radical (unpaired) electrons. The molecule has 1 amide bonds. The molecule has 0 aliphatic carbocycles. The molecule has 25 heavy (non-hydrogen) atoms. The zero-order chi connectivity index (χ0) is 18.1. The van der Waals surface area contributed by atoms with E-state index in [-0.39, 0.29) is 36.8 Å². The van der Waals surface area contributed by atoms with E-state index in [1.807, 2.05) is 0 Å². The first-order valence-corrected chi connectivity index (χ1v) is 8.58. The predicted molar refractivity (Wildman–Crippen MR) is 92.2 cm³/mol. The Morgan fingerprint density at radius 1 is 1.36 bits per heavy atom. The zero-order valence-corrected chi connectivity index (χ0v) is 14.4. The molecule has 1 atom stereocenters. The van der Waals surface area contributed by atoms with Crippen LogP contribution in [0.2, 0.25) is 0 Å². The van der Waals surface area contributed by atoms with E-state index in [0.29, 0.717) is 19.8 Å². The van der Waals surface area contributed by atoms with Gasteiger partial charge in [0.15, 0.2) is 0 Å². The molecule has 1 aromatic rings. The second kappa shape index (κ2) is 9.93. The fourth-order valence-corrected chi connectivity index (χ4v) is 2.63. The average Bonchev–Trinajstić information content (AvgIpc) is 3.11. The highest BCUT2D eigenvalue weighted by molar-refractivity contribution is 5.92. The van der Waals surface area contributed by atoms with Crippen LogP contribution in [-0.4, -0.2) is 49.2 Å². The summed E-state index contributed by atoms with van der Waals surface area (Å²) < 4.78 is 23.4. The van der Waals surface area contributed by atoms with Crippen molar-refractivity contribution in [1.82, 2.24) is 4.90 Å². The van der Waals surface area contributed by atoms with Crippen LogP contribution in [0.5, 0.6) is 0 Å². The van der Waals surface area contributed by atoms with Crippen LogP contribution in [0.1, 0.15) is 31.7 Å². The Morgan fingerprint density at radius 2 is 2.12 bits per heavy atom. The van der Waals surface area contributed by atoms with Gasteiger partial charge in [-0.2, -0.15) is 0 Å². The Morgan fingerprint density at radius 3 is 2.76 bits per heavy atom. The number of nitrogens with zero attached hydrogens (tertiary/aromatic N) is 1. The Balaban J connectivity index is 1.97. The summed E-state index contributed by atoms with van der Waals surface area (Å²) >= 11 is 0. The SMILES string of the molecule is CCOC(=O)CCN(CC1CCCO1)C(=O)/C=C/c1ccc(F)cc1. The molecule has 1 aliphatic heterocycles. The predicted octanol–water partition coefficient (Wildman–Crippen LogP) is 2.80. The number of ether oxygens (including phenoxy) is 2. The largest absolute Gasteiger partial charge is 0.466 e. The van der Waals surface area contributed by atoms with Crippen molar-refractivity contribution in [1.29, 1.82) is 0 Å². The molecule has 1 fully saturated rings. The Labute approximate surface area is 147 Å². The van der Waals surface area contributed by atoms with Gasteiger partial charge in [0, 0.05) is 25.8 Å². The van der Waals surface area contributed by atoms with Gasteiger partial charge >= 0.3 is 5.97 Å². The van der Waals surface area contributed by atoms with Crippen molar-refractivity contribution in [2.45, 2.75) is 32.3 Å². The van der Waals surface area contributed by atoms with Crippen molar-refractivity contribution in [3.8, 4) is 0 Å². The van der Waals surface area contributed by atoms with Gasteiger partial charge in [-0.15, -0.1) is 0 Å². The third-order valence-corrected chi connectivity index (χ3v) is 3.94. The molecular formula is C19H24FNO4. The molecule has 1 aromatic carbocycles. The van der Waals surface area contributed by atoms with Gasteiger partial charge in [-0.3, -0.25) is 9.59 Å². The summed E-state index contributed by atoms with van der Waals surface area (Å²) in [5.74, 6) is -0.850. The molecule has 0 bridgehead atoms. The molecule has 0 spiro atoms. The summed E-state index contributed by atoms with van der Waals surface area (Å²) in [5, 5.41) is 0. The van der Waals surface area contributed by atoms with Crippen LogP contribution in [0, 0.1) is 5.82 Å². The lowest BCUT2D eigenvalue weighted by Crippen LogP contribution is -2.38. The summed E-state index contributed by atoms with van der Waals surface area (Å²) in [6.45, 7) is 3.51. The van der Waals surface area contributed by atoms with E-state index in [2.05, 4.69) is 0 Å². The second-order valence-electron chi connectivity index (χ2n) is 5.86. The maximum atomic E-state index is 12.9. The van der Waals surface area contributed by atoms with Gasteiger partial charge in [-0.05, 0) is 43.5 Å². The number of carbonyl (C=O) groups excluding carboxylic acids is 2. The van der Waals surface area contributed by atoms with Crippen molar-refractivity contribution in [3.05, 3.63) is 41.7 Å². The fraction of sp³-hybridized carbons (Fsp3) is 0.474. The smallest absolute Gasteiger partial charge is 0.307 e. The zero-order valence-electron chi connectivity index (χ0n) is 14.4. The first kappa shape index (κ1) is 19.1. The third kappa shape index (κ3) is 6.66. The highest BCUT2D eigenvalue weighted by atomic mass is 19.1. The fourth-order valence-electron chi connectivity index (χ4n) is 2.63. The van der Waals surface area contributed by atoms with Gasteiger partial charge < -0.3 is 14.4 Å². The molecule has 0 N–H and O–H groups in total. The second-order valence-corrected chi connectivity index (χ2v) is 5.86. The van der Waals surface area contributed by atoms with E-state index >= 15 is 0 Å². The minimum absolute atomic E-state index is 0.00497. The molecule has 1 heterocycles. The van der Waals surface area contributed by atoms with Crippen molar-refractivity contribution in [2.75, 3.05) is 26.3 Å². The molecule has 136 valence electrons. The first-order chi connectivity index (χ1) is 12.1. The maximum absolute atomic E-state index is 12.9. The summed E-state index contributed by atoms with van der Waals surface area (Å²) in [6.07, 6.45) is 5.12. The molecule has 0 aromatic heterocycles. The van der Waals surface area contributed by atoms with Gasteiger partial charge in [0.05, 0.1) is 19.1 Å². The van der Waals surface area contributed by atoms with E-state index in [0.717, 1.165) is 18.4 Å². The lowest BCUT2D eigenvalue weighted by atomic mass is 10.2. The lowest BCUT2D eigenvalue weighted by Gasteiger charge is -2.24. The van der Waals surface area contributed by atoms with E-state index < -0.39 is 0 Å². The van der Waals surface area contributed by atoms with Crippen LogP contribution in [0.25, 0.3) is 6.08 Å². The van der Waals surface area contributed by atoms with Crippen LogP contribution in [0.3, 0.4) is 0 Å². The van der Waals surface area contributed by atoms with Crippen LogP contribution >= 0.6 is 0 Å². The number of esters is 1. The number of hydrogen-bond donors (Lipinski definition) is 0. The van der Waals surface area contributed by atoms with E-state index in [1.165, 1.54) is 18.2 Å². The number of amides is 1. The van der Waals surface area contributed by atoms with Gasteiger partial charge in [0.1, 0.15) is 5.82 Å². The van der Waals surface area contributed by atoms with E-state index in [1.54, 1.807) is 30.0 Å². The number of hydrogen-bond acceptors (Lipinski definition) is 4. The van der Waals surface area contributed by atoms with Crippen LogP contribution in [0.4, 0.5) is 4.39 Å². The van der Waals surface area contributed by atoms with Gasteiger partial charge in [-0.1, -0.05) is 12.1 Å². The molecule has 1 unspecified atom stereocenters. The van der Waals surface area contributed by atoms with E-state index in [9.17, 15) is 14.0 Å². The quantitative estimate of drug-likeness (QED) is 0.535. The minimum Gasteiger partial charge on any atom is -0.466 e.